The molecular weight excluding hydrogens is 394 g/mol. The van der Waals surface area contributed by atoms with Crippen LogP contribution in [0.1, 0.15) is 15.9 Å². The molecule has 1 heterocycles. The second-order valence-corrected chi connectivity index (χ2v) is 7.00. The van der Waals surface area contributed by atoms with Gasteiger partial charge in [0.25, 0.3) is 11.5 Å². The summed E-state index contributed by atoms with van der Waals surface area (Å²) in [5.74, 6) is 0.535. The number of aromatic nitrogens is 2. The number of carbonyl (C=O) groups is 1. The maximum absolute atomic E-state index is 13.0. The summed E-state index contributed by atoms with van der Waals surface area (Å²) in [6, 6.07) is 18.9. The van der Waals surface area contributed by atoms with Gasteiger partial charge in [0.2, 0.25) is 0 Å². The Bertz CT molecular complexity index is 1300. The highest BCUT2D eigenvalue weighted by molar-refractivity contribution is 5.97. The standard InChI is InChI=1S/C24H21N3O4/c1-31-22-5-3-2-4-21(22)27-15-26-20-14-17(8-11-19(20)24(27)30)23(29)25-13-12-16-6-9-18(28)10-7-16/h2-11,14-15,28H,12-13H2,1H3,(H,25,29). The van der Waals surface area contributed by atoms with Crippen LogP contribution in [-0.4, -0.2) is 34.2 Å². The lowest BCUT2D eigenvalue weighted by Gasteiger charge is -2.11. The predicted molar refractivity (Wildman–Crippen MR) is 118 cm³/mol. The van der Waals surface area contributed by atoms with E-state index in [9.17, 15) is 14.7 Å². The number of methoxy groups -OCH3 is 1. The summed E-state index contributed by atoms with van der Waals surface area (Å²) in [4.78, 5) is 29.9. The largest absolute Gasteiger partial charge is 0.508 e. The van der Waals surface area contributed by atoms with Crippen LogP contribution in [0.5, 0.6) is 11.5 Å². The third-order valence-corrected chi connectivity index (χ3v) is 5.00. The number of hydrogen-bond donors (Lipinski definition) is 2. The third kappa shape index (κ3) is 4.25. The van der Waals surface area contributed by atoms with E-state index in [0.717, 1.165) is 5.56 Å². The van der Waals surface area contributed by atoms with Crippen LogP contribution in [-0.2, 0) is 6.42 Å². The highest BCUT2D eigenvalue weighted by atomic mass is 16.5. The molecule has 0 saturated carbocycles. The fourth-order valence-electron chi connectivity index (χ4n) is 3.35. The van der Waals surface area contributed by atoms with Crippen LogP contribution in [0.2, 0.25) is 0 Å². The van der Waals surface area contributed by atoms with Gasteiger partial charge in [-0.25, -0.2) is 4.98 Å². The number of ether oxygens (including phenoxy) is 1. The van der Waals surface area contributed by atoms with Gasteiger partial charge in [0, 0.05) is 12.1 Å². The summed E-state index contributed by atoms with van der Waals surface area (Å²) in [5.41, 5.74) is 2.24. The summed E-state index contributed by atoms with van der Waals surface area (Å²) in [6.07, 6.45) is 2.08. The number of hydrogen-bond acceptors (Lipinski definition) is 5. The second kappa shape index (κ2) is 8.71. The number of carbonyl (C=O) groups excluding carboxylic acids is 1. The lowest BCUT2D eigenvalue weighted by Crippen LogP contribution is -2.26. The molecule has 0 bridgehead atoms. The minimum atomic E-state index is -0.242. The fraction of sp³-hybridized carbons (Fsp3) is 0.125. The van der Waals surface area contributed by atoms with E-state index in [-0.39, 0.29) is 17.2 Å². The van der Waals surface area contributed by atoms with E-state index >= 15 is 0 Å². The van der Waals surface area contributed by atoms with Gasteiger partial charge < -0.3 is 15.2 Å². The Morgan fingerprint density at radius 2 is 1.87 bits per heavy atom. The normalized spacial score (nSPS) is 10.7. The number of para-hydroxylation sites is 2. The van der Waals surface area contributed by atoms with Crippen LogP contribution in [0.25, 0.3) is 16.6 Å². The molecule has 4 rings (SSSR count). The minimum absolute atomic E-state index is 0.209. The van der Waals surface area contributed by atoms with Crippen molar-refractivity contribution in [2.45, 2.75) is 6.42 Å². The number of nitrogens with zero attached hydrogens (tertiary/aromatic N) is 2. The van der Waals surface area contributed by atoms with Crippen molar-refractivity contribution in [2.75, 3.05) is 13.7 Å². The van der Waals surface area contributed by atoms with Gasteiger partial charge in [0.05, 0.1) is 23.7 Å². The second-order valence-electron chi connectivity index (χ2n) is 7.00. The maximum atomic E-state index is 13.0. The van der Waals surface area contributed by atoms with Crippen molar-refractivity contribution in [1.29, 1.82) is 0 Å². The average Bonchev–Trinajstić information content (AvgIpc) is 2.80. The van der Waals surface area contributed by atoms with Gasteiger partial charge in [-0.3, -0.25) is 14.2 Å². The number of benzene rings is 3. The molecule has 0 radical (unpaired) electrons. The topological polar surface area (TPSA) is 93.5 Å². The van der Waals surface area contributed by atoms with Crippen molar-refractivity contribution in [3.8, 4) is 17.2 Å². The first-order valence-electron chi connectivity index (χ1n) is 9.78. The Morgan fingerprint density at radius 1 is 1.10 bits per heavy atom. The first kappa shape index (κ1) is 20.2. The molecule has 0 saturated heterocycles. The number of phenolic OH excluding ortho intramolecular Hbond substituents is 1. The Labute approximate surface area is 178 Å². The third-order valence-electron chi connectivity index (χ3n) is 5.00. The SMILES string of the molecule is COc1ccccc1-n1cnc2cc(C(=O)NCCc3ccc(O)cc3)ccc2c1=O. The van der Waals surface area contributed by atoms with Crippen LogP contribution in [0.3, 0.4) is 0 Å². The lowest BCUT2D eigenvalue weighted by atomic mass is 10.1. The van der Waals surface area contributed by atoms with Gasteiger partial charge in [0.1, 0.15) is 17.8 Å². The smallest absolute Gasteiger partial charge is 0.265 e. The Morgan fingerprint density at radius 3 is 2.65 bits per heavy atom. The highest BCUT2D eigenvalue weighted by Gasteiger charge is 2.12. The molecule has 0 aliphatic heterocycles. The van der Waals surface area contributed by atoms with Crippen LogP contribution >= 0.6 is 0 Å². The van der Waals surface area contributed by atoms with E-state index in [1.54, 1.807) is 49.6 Å². The van der Waals surface area contributed by atoms with E-state index in [2.05, 4.69) is 10.3 Å². The molecule has 156 valence electrons. The number of fused-ring (bicyclic) bond motifs is 1. The molecule has 3 aromatic carbocycles. The van der Waals surface area contributed by atoms with Crippen molar-refractivity contribution in [3.05, 3.63) is 94.5 Å². The van der Waals surface area contributed by atoms with Gasteiger partial charge in [0.15, 0.2) is 0 Å². The van der Waals surface area contributed by atoms with Crippen molar-refractivity contribution < 1.29 is 14.6 Å². The molecule has 0 atom stereocenters. The lowest BCUT2D eigenvalue weighted by molar-refractivity contribution is 0.0954. The summed E-state index contributed by atoms with van der Waals surface area (Å²) >= 11 is 0. The zero-order chi connectivity index (χ0) is 21.8. The van der Waals surface area contributed by atoms with E-state index in [1.165, 1.54) is 10.9 Å². The van der Waals surface area contributed by atoms with E-state index in [0.29, 0.717) is 40.9 Å². The molecule has 0 aliphatic carbocycles. The molecule has 1 aromatic heterocycles. The number of aromatic hydroxyl groups is 1. The molecule has 7 nitrogen and oxygen atoms in total. The van der Waals surface area contributed by atoms with Gasteiger partial charge in [-0.2, -0.15) is 0 Å². The quantitative estimate of drug-likeness (QED) is 0.505. The van der Waals surface area contributed by atoms with Crippen molar-refractivity contribution in [1.82, 2.24) is 14.9 Å². The van der Waals surface area contributed by atoms with Crippen LogP contribution in [0.4, 0.5) is 0 Å². The zero-order valence-electron chi connectivity index (χ0n) is 16.9. The molecule has 0 aliphatic rings. The van der Waals surface area contributed by atoms with Gasteiger partial charge in [-0.15, -0.1) is 0 Å². The Hall–Kier alpha value is -4.13. The molecule has 0 unspecified atom stereocenters. The van der Waals surface area contributed by atoms with Crippen LogP contribution < -0.4 is 15.6 Å². The van der Waals surface area contributed by atoms with Crippen LogP contribution in [0.15, 0.2) is 77.9 Å². The van der Waals surface area contributed by atoms with Gasteiger partial charge in [-0.1, -0.05) is 24.3 Å². The van der Waals surface area contributed by atoms with E-state index < -0.39 is 0 Å². The van der Waals surface area contributed by atoms with Crippen LogP contribution in [0, 0.1) is 0 Å². The molecular formula is C24H21N3O4. The molecule has 0 fully saturated rings. The van der Waals surface area contributed by atoms with E-state index in [1.807, 2.05) is 24.3 Å². The number of amides is 1. The molecule has 31 heavy (non-hydrogen) atoms. The Kier molecular flexibility index (Phi) is 5.66. The first-order chi connectivity index (χ1) is 15.1. The predicted octanol–water partition coefficient (Wildman–Crippen LogP) is 3.07. The number of phenols is 1. The molecule has 1 amide bonds. The summed E-state index contributed by atoms with van der Waals surface area (Å²) in [6.45, 7) is 0.449. The van der Waals surface area contributed by atoms with Gasteiger partial charge >= 0.3 is 0 Å². The van der Waals surface area contributed by atoms with Gasteiger partial charge in [-0.05, 0) is 54.4 Å². The molecule has 7 heteroatoms. The molecule has 4 aromatic rings. The fourth-order valence-corrected chi connectivity index (χ4v) is 3.35. The zero-order valence-corrected chi connectivity index (χ0v) is 16.9. The van der Waals surface area contributed by atoms with Crippen molar-refractivity contribution in [2.24, 2.45) is 0 Å². The highest BCUT2D eigenvalue weighted by Crippen LogP contribution is 2.21. The summed E-state index contributed by atoms with van der Waals surface area (Å²) < 4.78 is 6.77. The minimum Gasteiger partial charge on any atom is -0.508 e. The Balaban J connectivity index is 1.53. The molecule has 0 spiro atoms. The maximum Gasteiger partial charge on any atom is 0.265 e. The first-order valence-corrected chi connectivity index (χ1v) is 9.78. The average molecular weight is 415 g/mol. The van der Waals surface area contributed by atoms with Crippen molar-refractivity contribution >= 4 is 16.8 Å². The summed E-state index contributed by atoms with van der Waals surface area (Å²) in [5, 5.41) is 12.6. The van der Waals surface area contributed by atoms with Crippen molar-refractivity contribution in [3.63, 3.8) is 0 Å². The number of rotatable bonds is 6. The van der Waals surface area contributed by atoms with E-state index in [4.69, 9.17) is 4.74 Å². The summed E-state index contributed by atoms with van der Waals surface area (Å²) in [7, 11) is 1.55. The number of nitrogens with one attached hydrogen (secondary N) is 1. The monoisotopic (exact) mass is 415 g/mol. The molecule has 2 N–H and O–H groups in total.